The molecule has 2 fully saturated rings. The molecular formula is C41H50FN7O2S. The van der Waals surface area contributed by atoms with Crippen molar-refractivity contribution in [3.05, 3.63) is 108 Å². The monoisotopic (exact) mass is 723 g/mol. The van der Waals surface area contributed by atoms with Crippen molar-refractivity contribution in [2.75, 3.05) is 29.5 Å². The van der Waals surface area contributed by atoms with Crippen LogP contribution in [0.15, 0.2) is 90.4 Å². The number of halogens is 1. The average Bonchev–Trinajstić information content (AvgIpc) is 3.62. The second kappa shape index (κ2) is 16.1. The zero-order chi connectivity index (χ0) is 36.2. The highest BCUT2D eigenvalue weighted by Crippen LogP contribution is 2.40. The second-order valence-electron chi connectivity index (χ2n) is 14.0. The molecule has 1 saturated heterocycles. The van der Waals surface area contributed by atoms with E-state index in [0.717, 1.165) is 80.8 Å². The Bertz CT molecular complexity index is 1830. The molecule has 52 heavy (non-hydrogen) atoms. The van der Waals surface area contributed by atoms with E-state index in [0.29, 0.717) is 42.2 Å². The van der Waals surface area contributed by atoms with E-state index >= 15 is 0 Å². The van der Waals surface area contributed by atoms with Gasteiger partial charge in [0.25, 0.3) is 5.91 Å². The van der Waals surface area contributed by atoms with Crippen LogP contribution in [0.4, 0.5) is 14.9 Å². The number of urea groups is 1. The van der Waals surface area contributed by atoms with Crippen LogP contribution in [-0.2, 0) is 19.5 Å². The number of aryl methyl sites for hydroxylation is 2. The van der Waals surface area contributed by atoms with E-state index in [1.807, 2.05) is 56.1 Å². The predicted molar refractivity (Wildman–Crippen MR) is 207 cm³/mol. The minimum Gasteiger partial charge on any atom is -0.348 e. The number of carbonyl (C=O) groups excluding carboxylic acids is 2. The van der Waals surface area contributed by atoms with Gasteiger partial charge in [0.2, 0.25) is 0 Å². The minimum absolute atomic E-state index is 0.00631. The summed E-state index contributed by atoms with van der Waals surface area (Å²) >= 11 is 2.02. The summed E-state index contributed by atoms with van der Waals surface area (Å²) in [6.07, 6.45) is 9.75. The Kier molecular flexibility index (Phi) is 11.2. The summed E-state index contributed by atoms with van der Waals surface area (Å²) in [5, 5.41) is 6.05. The molecule has 2 N–H and O–H groups in total. The third kappa shape index (κ3) is 7.57. The van der Waals surface area contributed by atoms with Crippen LogP contribution in [-0.4, -0.2) is 68.0 Å². The number of hydrogen-bond donors (Lipinski definition) is 2. The van der Waals surface area contributed by atoms with Crippen molar-refractivity contribution in [2.24, 2.45) is 0 Å². The number of benzene rings is 2. The van der Waals surface area contributed by atoms with E-state index in [4.69, 9.17) is 0 Å². The van der Waals surface area contributed by atoms with Crippen LogP contribution in [0.1, 0.15) is 80.7 Å². The summed E-state index contributed by atoms with van der Waals surface area (Å²) in [7, 11) is 0. The van der Waals surface area contributed by atoms with Gasteiger partial charge < -0.3 is 15.2 Å². The summed E-state index contributed by atoms with van der Waals surface area (Å²) in [5.74, 6) is 3.18. The quantitative estimate of drug-likeness (QED) is 0.241. The summed E-state index contributed by atoms with van der Waals surface area (Å²) in [5.41, 5.74) is 5.88. The molecule has 4 aliphatic heterocycles. The SMILES string of the molecule is C=C1C2=C(NC(F)=CC2)N(c2cccc(-c3ccc(CN4CCSCC4)cc3)c2)C(=O)N1C1CCC(NC(=O)c2cn3c(n2)CCCC3)CC1.CC. The lowest BCUT2D eigenvalue weighted by molar-refractivity contribution is 0.0911. The number of dihydropyridines is 1. The van der Waals surface area contributed by atoms with Gasteiger partial charge in [-0.2, -0.15) is 16.2 Å². The van der Waals surface area contributed by atoms with Crippen LogP contribution in [0.25, 0.3) is 11.1 Å². The molecule has 0 radical (unpaired) electrons. The van der Waals surface area contributed by atoms with Gasteiger partial charge in [-0.15, -0.1) is 0 Å². The lowest BCUT2D eigenvalue weighted by Gasteiger charge is -2.45. The summed E-state index contributed by atoms with van der Waals surface area (Å²) in [4.78, 5) is 38.1. The molecule has 8 rings (SSSR count). The van der Waals surface area contributed by atoms with Gasteiger partial charge in [-0.05, 0) is 73.4 Å². The highest BCUT2D eigenvalue weighted by molar-refractivity contribution is 7.99. The minimum atomic E-state index is -0.475. The van der Waals surface area contributed by atoms with Gasteiger partial charge in [-0.25, -0.2) is 14.7 Å². The zero-order valence-electron chi connectivity index (χ0n) is 30.4. The standard InChI is InChI=1S/C39H44FN7O2S.C2H6/c1-26-33-16-17-35(40)43-37(33)47(32-6-4-5-29(23-32)28-10-8-27(9-11-28)24-44-19-21-50-22-20-44)39(49)46(26)31-14-12-30(13-15-31)41-38(48)34-25-45-18-3-2-7-36(45)42-34;1-2/h4-6,8-11,17,23,25,30-31,43H,1-3,7,12-16,18-22,24H2,(H,41,48);1-2H3. The van der Waals surface area contributed by atoms with E-state index in [2.05, 4.69) is 55.9 Å². The molecule has 3 amide bonds. The number of carbonyl (C=O) groups is 2. The third-order valence-corrected chi connectivity index (χ3v) is 11.7. The number of imidazole rings is 1. The Morgan fingerprint density at radius 3 is 2.54 bits per heavy atom. The molecule has 9 nitrogen and oxygen atoms in total. The van der Waals surface area contributed by atoms with Crippen LogP contribution in [0.3, 0.4) is 0 Å². The molecule has 0 atom stereocenters. The highest BCUT2D eigenvalue weighted by Gasteiger charge is 2.42. The molecule has 1 aliphatic carbocycles. The van der Waals surface area contributed by atoms with Crippen LogP contribution in [0.5, 0.6) is 0 Å². The van der Waals surface area contributed by atoms with Crippen LogP contribution < -0.4 is 15.5 Å². The van der Waals surface area contributed by atoms with Gasteiger partial charge >= 0.3 is 6.03 Å². The topological polar surface area (TPSA) is 85.7 Å². The van der Waals surface area contributed by atoms with Crippen LogP contribution >= 0.6 is 11.8 Å². The molecule has 0 unspecified atom stereocenters. The van der Waals surface area contributed by atoms with Crippen LogP contribution in [0, 0.1) is 0 Å². The van der Waals surface area contributed by atoms with Crippen molar-refractivity contribution in [3.8, 4) is 11.1 Å². The maximum absolute atomic E-state index is 14.7. The lowest BCUT2D eigenvalue weighted by Crippen LogP contribution is -2.55. The number of fused-ring (bicyclic) bond motifs is 1. The smallest absolute Gasteiger partial charge is 0.334 e. The van der Waals surface area contributed by atoms with Crippen molar-refractivity contribution in [2.45, 2.75) is 90.4 Å². The largest absolute Gasteiger partial charge is 0.348 e. The number of aromatic nitrogens is 2. The van der Waals surface area contributed by atoms with Gasteiger partial charge in [-0.3, -0.25) is 14.6 Å². The molecular weight excluding hydrogens is 674 g/mol. The van der Waals surface area contributed by atoms with Gasteiger partial charge in [0.1, 0.15) is 17.3 Å². The number of nitrogens with one attached hydrogen (secondary N) is 2. The third-order valence-electron chi connectivity index (χ3n) is 10.7. The Morgan fingerprint density at radius 2 is 1.79 bits per heavy atom. The molecule has 3 aromatic rings. The second-order valence-corrected chi connectivity index (χ2v) is 15.2. The molecule has 1 aromatic heterocycles. The number of amides is 3. The first-order valence-corrected chi connectivity index (χ1v) is 20.1. The molecule has 274 valence electrons. The van der Waals surface area contributed by atoms with E-state index in [-0.39, 0.29) is 24.0 Å². The number of thioether (sulfide) groups is 1. The van der Waals surface area contributed by atoms with Crippen molar-refractivity contribution >= 4 is 29.4 Å². The van der Waals surface area contributed by atoms with E-state index in [9.17, 15) is 14.0 Å². The van der Waals surface area contributed by atoms with Crippen molar-refractivity contribution in [3.63, 3.8) is 0 Å². The van der Waals surface area contributed by atoms with E-state index < -0.39 is 5.95 Å². The molecule has 5 heterocycles. The average molecular weight is 724 g/mol. The maximum Gasteiger partial charge on any atom is 0.334 e. The highest BCUT2D eigenvalue weighted by atomic mass is 32.2. The molecule has 2 aromatic carbocycles. The fourth-order valence-corrected chi connectivity index (χ4v) is 8.94. The van der Waals surface area contributed by atoms with Gasteiger partial charge in [0, 0.05) is 80.1 Å². The van der Waals surface area contributed by atoms with E-state index in [1.54, 1.807) is 9.80 Å². The fourth-order valence-electron chi connectivity index (χ4n) is 7.96. The maximum atomic E-state index is 14.7. The molecule has 1 saturated carbocycles. The summed E-state index contributed by atoms with van der Waals surface area (Å²) in [6, 6.07) is 16.2. The number of hydrogen-bond acceptors (Lipinski definition) is 6. The normalized spacial score (nSPS) is 22.1. The Hall–Kier alpha value is -4.35. The first-order valence-electron chi connectivity index (χ1n) is 19.0. The van der Waals surface area contributed by atoms with Crippen molar-refractivity contribution < 1.29 is 14.0 Å². The predicted octanol–water partition coefficient (Wildman–Crippen LogP) is 7.97. The van der Waals surface area contributed by atoms with Gasteiger partial charge in [0.15, 0.2) is 5.95 Å². The Morgan fingerprint density at radius 1 is 1.02 bits per heavy atom. The van der Waals surface area contributed by atoms with Gasteiger partial charge in [-0.1, -0.05) is 56.8 Å². The van der Waals surface area contributed by atoms with Crippen LogP contribution in [0.2, 0.25) is 0 Å². The number of rotatable bonds is 7. The number of nitrogens with zero attached hydrogens (tertiary/aromatic N) is 5. The van der Waals surface area contributed by atoms with Crippen molar-refractivity contribution in [1.29, 1.82) is 0 Å². The summed E-state index contributed by atoms with van der Waals surface area (Å²) in [6.45, 7) is 12.5. The molecule has 5 aliphatic rings. The molecule has 0 bridgehead atoms. The van der Waals surface area contributed by atoms with E-state index in [1.165, 1.54) is 23.1 Å². The Balaban J connectivity index is 0.00000207. The number of anilines is 1. The Labute approximate surface area is 311 Å². The van der Waals surface area contributed by atoms with Crippen molar-refractivity contribution in [1.82, 2.24) is 30.0 Å². The lowest BCUT2D eigenvalue weighted by atomic mass is 9.88. The number of allylic oxidation sites excluding steroid dienone is 2. The molecule has 11 heteroatoms. The van der Waals surface area contributed by atoms with Gasteiger partial charge in [0.05, 0.1) is 5.69 Å². The zero-order valence-corrected chi connectivity index (χ0v) is 31.2. The molecule has 0 spiro atoms. The fraction of sp³-hybridized carbons (Fsp3) is 0.439. The first-order chi connectivity index (χ1) is 25.4. The summed E-state index contributed by atoms with van der Waals surface area (Å²) < 4.78 is 16.8. The first kappa shape index (κ1) is 36.0.